The monoisotopic (exact) mass is 331 g/mol. The second-order valence-electron chi connectivity index (χ2n) is 4.25. The number of benzene rings is 1. The van der Waals surface area contributed by atoms with E-state index >= 15 is 0 Å². The predicted molar refractivity (Wildman–Crippen MR) is 81.6 cm³/mol. The lowest BCUT2D eigenvalue weighted by atomic mass is 10.2. The minimum absolute atomic E-state index is 0.112. The molecular formula is C12H14ClN3O2S2. The van der Waals surface area contributed by atoms with E-state index in [0.29, 0.717) is 22.7 Å². The van der Waals surface area contributed by atoms with Gasteiger partial charge >= 0.3 is 0 Å². The quantitative estimate of drug-likeness (QED) is 0.822. The average Bonchev–Trinajstić information content (AvgIpc) is 2.86. The maximum atomic E-state index is 12.2. The number of rotatable bonds is 5. The summed E-state index contributed by atoms with van der Waals surface area (Å²) >= 11 is 7.34. The van der Waals surface area contributed by atoms with E-state index in [1.54, 1.807) is 12.4 Å². The molecule has 0 amide bonds. The molecule has 20 heavy (non-hydrogen) atoms. The molecule has 0 radical (unpaired) electrons. The summed E-state index contributed by atoms with van der Waals surface area (Å²) in [6.07, 6.45) is 0.540. The van der Waals surface area contributed by atoms with Crippen LogP contribution in [-0.4, -0.2) is 19.9 Å². The molecular weight excluding hydrogens is 318 g/mol. The maximum absolute atomic E-state index is 12.2. The number of hydrogen-bond acceptors (Lipinski definition) is 5. The molecule has 1 aromatic heterocycles. The molecule has 0 unspecified atom stereocenters. The van der Waals surface area contributed by atoms with Gasteiger partial charge in [-0.05, 0) is 24.6 Å². The van der Waals surface area contributed by atoms with Crippen molar-refractivity contribution in [2.75, 3.05) is 12.3 Å². The molecule has 8 heteroatoms. The van der Waals surface area contributed by atoms with Gasteiger partial charge in [0.25, 0.3) is 0 Å². The Kier molecular flexibility index (Phi) is 4.64. The predicted octanol–water partition coefficient (Wildman–Crippen LogP) is 2.21. The van der Waals surface area contributed by atoms with Crippen molar-refractivity contribution < 1.29 is 8.42 Å². The Morgan fingerprint density at radius 3 is 2.85 bits per heavy atom. The third kappa shape index (κ3) is 3.49. The summed E-state index contributed by atoms with van der Waals surface area (Å²) in [5, 5.41) is 2.18. The summed E-state index contributed by atoms with van der Waals surface area (Å²) in [7, 11) is -3.63. The van der Waals surface area contributed by atoms with E-state index in [1.165, 1.54) is 23.5 Å². The van der Waals surface area contributed by atoms with E-state index in [9.17, 15) is 8.42 Å². The van der Waals surface area contributed by atoms with Gasteiger partial charge in [-0.1, -0.05) is 11.6 Å². The fourth-order valence-electron chi connectivity index (χ4n) is 1.71. The molecule has 0 aliphatic carbocycles. The molecule has 0 saturated heterocycles. The van der Waals surface area contributed by atoms with E-state index in [0.717, 1.165) is 5.69 Å². The number of halogens is 1. The first kappa shape index (κ1) is 15.2. The molecule has 0 spiro atoms. The second-order valence-corrected chi connectivity index (χ2v) is 7.14. The topological polar surface area (TPSA) is 85.1 Å². The standard InChI is InChI=1S/C12H14ClN3O2S2/c1-8-11(14)4-9(13)5-12(8)20(17,18)16-3-2-10-6-19-7-15-10/h4-7,16H,2-3,14H2,1H3. The summed E-state index contributed by atoms with van der Waals surface area (Å²) in [4.78, 5) is 4.21. The highest BCUT2D eigenvalue weighted by molar-refractivity contribution is 7.89. The Hall–Kier alpha value is -1.15. The number of nitrogens with zero attached hydrogens (tertiary/aromatic N) is 1. The normalized spacial score (nSPS) is 11.7. The summed E-state index contributed by atoms with van der Waals surface area (Å²) < 4.78 is 27.0. The van der Waals surface area contributed by atoms with E-state index in [-0.39, 0.29) is 11.4 Å². The molecule has 0 aliphatic heterocycles. The molecule has 2 rings (SSSR count). The fraction of sp³-hybridized carbons (Fsp3) is 0.250. The minimum atomic E-state index is -3.63. The van der Waals surface area contributed by atoms with Gasteiger partial charge in [0.15, 0.2) is 0 Å². The zero-order chi connectivity index (χ0) is 14.8. The molecule has 108 valence electrons. The van der Waals surface area contributed by atoms with Gasteiger partial charge in [-0.2, -0.15) is 0 Å². The van der Waals surface area contributed by atoms with Gasteiger partial charge < -0.3 is 5.73 Å². The zero-order valence-electron chi connectivity index (χ0n) is 10.8. The lowest BCUT2D eigenvalue weighted by Crippen LogP contribution is -2.27. The highest BCUT2D eigenvalue weighted by atomic mass is 35.5. The second kappa shape index (κ2) is 6.09. The van der Waals surface area contributed by atoms with Crippen molar-refractivity contribution in [3.63, 3.8) is 0 Å². The van der Waals surface area contributed by atoms with Crippen molar-refractivity contribution in [3.8, 4) is 0 Å². The molecule has 0 aliphatic rings. The molecule has 0 bridgehead atoms. The Labute approximate surface area is 126 Å². The first-order valence-electron chi connectivity index (χ1n) is 5.82. The zero-order valence-corrected chi connectivity index (χ0v) is 13.1. The van der Waals surface area contributed by atoms with Gasteiger partial charge in [-0.15, -0.1) is 11.3 Å². The Morgan fingerprint density at radius 2 is 2.20 bits per heavy atom. The van der Waals surface area contributed by atoms with Crippen molar-refractivity contribution in [1.82, 2.24) is 9.71 Å². The van der Waals surface area contributed by atoms with Crippen LogP contribution < -0.4 is 10.5 Å². The van der Waals surface area contributed by atoms with Crippen LogP contribution in [0, 0.1) is 6.92 Å². The van der Waals surface area contributed by atoms with E-state index in [1.807, 2.05) is 5.38 Å². The van der Waals surface area contributed by atoms with Crippen LogP contribution in [0.4, 0.5) is 5.69 Å². The van der Waals surface area contributed by atoms with Crippen LogP contribution in [0.5, 0.6) is 0 Å². The van der Waals surface area contributed by atoms with Crippen LogP contribution in [-0.2, 0) is 16.4 Å². The Bertz CT molecular complexity index is 700. The molecule has 1 aromatic carbocycles. The lowest BCUT2D eigenvalue weighted by molar-refractivity contribution is 0.581. The van der Waals surface area contributed by atoms with Gasteiger partial charge in [0.1, 0.15) is 0 Å². The number of thiazole rings is 1. The molecule has 1 heterocycles. The molecule has 0 fully saturated rings. The third-order valence-electron chi connectivity index (χ3n) is 2.81. The van der Waals surface area contributed by atoms with Gasteiger partial charge in [-0.3, -0.25) is 0 Å². The summed E-state index contributed by atoms with van der Waals surface area (Å²) in [6, 6.07) is 2.93. The third-order valence-corrected chi connectivity index (χ3v) is 5.25. The van der Waals surface area contributed by atoms with Crippen molar-refractivity contribution in [3.05, 3.63) is 39.3 Å². The van der Waals surface area contributed by atoms with Crippen LogP contribution in [0.2, 0.25) is 5.02 Å². The van der Waals surface area contributed by atoms with Crippen molar-refractivity contribution in [1.29, 1.82) is 0 Å². The number of anilines is 1. The van der Waals surface area contributed by atoms with Crippen LogP contribution >= 0.6 is 22.9 Å². The summed E-state index contributed by atoms with van der Waals surface area (Å²) in [6.45, 7) is 1.93. The van der Waals surface area contributed by atoms with Gasteiger partial charge in [-0.25, -0.2) is 18.1 Å². The number of nitrogens with two attached hydrogens (primary N) is 1. The highest BCUT2D eigenvalue weighted by Gasteiger charge is 2.18. The smallest absolute Gasteiger partial charge is 0.240 e. The van der Waals surface area contributed by atoms with Gasteiger partial charge in [0.2, 0.25) is 10.0 Å². The van der Waals surface area contributed by atoms with Crippen molar-refractivity contribution in [2.24, 2.45) is 0 Å². The number of nitrogens with one attached hydrogen (secondary N) is 1. The molecule has 3 N–H and O–H groups in total. The first-order chi connectivity index (χ1) is 9.40. The maximum Gasteiger partial charge on any atom is 0.240 e. The lowest BCUT2D eigenvalue weighted by Gasteiger charge is -2.11. The Morgan fingerprint density at radius 1 is 1.45 bits per heavy atom. The van der Waals surface area contributed by atoms with Crippen LogP contribution in [0.15, 0.2) is 27.9 Å². The van der Waals surface area contributed by atoms with E-state index in [4.69, 9.17) is 17.3 Å². The number of aromatic nitrogens is 1. The van der Waals surface area contributed by atoms with Crippen molar-refractivity contribution >= 4 is 38.6 Å². The number of hydrogen-bond donors (Lipinski definition) is 2. The Balaban J connectivity index is 2.14. The molecule has 0 saturated carbocycles. The van der Waals surface area contributed by atoms with E-state index < -0.39 is 10.0 Å². The summed E-state index contributed by atoms with van der Waals surface area (Å²) in [5.74, 6) is 0. The highest BCUT2D eigenvalue weighted by Crippen LogP contribution is 2.25. The average molecular weight is 332 g/mol. The van der Waals surface area contributed by atoms with Crippen LogP contribution in [0.3, 0.4) is 0 Å². The largest absolute Gasteiger partial charge is 0.398 e. The first-order valence-corrected chi connectivity index (χ1v) is 8.63. The van der Waals surface area contributed by atoms with Crippen molar-refractivity contribution in [2.45, 2.75) is 18.2 Å². The molecule has 0 atom stereocenters. The van der Waals surface area contributed by atoms with Gasteiger partial charge in [0, 0.05) is 29.1 Å². The SMILES string of the molecule is Cc1c(N)cc(Cl)cc1S(=O)(=O)NCCc1cscn1. The number of nitrogen functional groups attached to an aromatic ring is 1. The number of sulfonamides is 1. The van der Waals surface area contributed by atoms with Gasteiger partial charge in [0.05, 0.1) is 16.1 Å². The summed E-state index contributed by atoms with van der Waals surface area (Å²) in [5.41, 5.74) is 9.17. The fourth-order valence-corrected chi connectivity index (χ4v) is 3.92. The van der Waals surface area contributed by atoms with Crippen LogP contribution in [0.25, 0.3) is 0 Å². The molecule has 5 nitrogen and oxygen atoms in total. The van der Waals surface area contributed by atoms with E-state index in [2.05, 4.69) is 9.71 Å². The van der Waals surface area contributed by atoms with Crippen LogP contribution in [0.1, 0.15) is 11.3 Å². The minimum Gasteiger partial charge on any atom is -0.398 e. The molecule has 2 aromatic rings.